The van der Waals surface area contributed by atoms with Crippen LogP contribution in [-0.2, 0) is 15.0 Å². The normalized spacial score (nSPS) is 20.4. The van der Waals surface area contributed by atoms with Crippen LogP contribution >= 0.6 is 0 Å². The van der Waals surface area contributed by atoms with E-state index in [-0.39, 0.29) is 34.9 Å². The van der Waals surface area contributed by atoms with E-state index < -0.39 is 17.7 Å². The molecule has 4 rings (SSSR count). The molecule has 0 bridgehead atoms. The minimum Gasteiger partial charge on any atom is -0.508 e. The van der Waals surface area contributed by atoms with Crippen molar-refractivity contribution in [1.82, 2.24) is 4.90 Å². The summed E-state index contributed by atoms with van der Waals surface area (Å²) in [7, 11) is 0. The molecule has 5 heteroatoms. The number of carbonyl (C=O) groups is 2. The van der Waals surface area contributed by atoms with E-state index in [1.807, 2.05) is 32.0 Å². The molecule has 1 amide bonds. The fourth-order valence-corrected chi connectivity index (χ4v) is 5.33. The summed E-state index contributed by atoms with van der Waals surface area (Å²) in [4.78, 5) is 28.1. The van der Waals surface area contributed by atoms with Gasteiger partial charge in [0.1, 0.15) is 5.75 Å². The summed E-state index contributed by atoms with van der Waals surface area (Å²) in [6, 6.07) is 16.2. The summed E-state index contributed by atoms with van der Waals surface area (Å²) in [5.74, 6) is -1.16. The van der Waals surface area contributed by atoms with Crippen LogP contribution in [0.4, 0.5) is 0 Å². The average molecular weight is 434 g/mol. The minimum absolute atomic E-state index is 0.0139. The molecule has 1 atom stereocenters. The molecule has 168 valence electrons. The summed E-state index contributed by atoms with van der Waals surface area (Å²) in [6.07, 6.45) is 4.23. The summed E-state index contributed by atoms with van der Waals surface area (Å²) in [5, 5.41) is 21.5. The lowest BCUT2D eigenvalue weighted by atomic mass is 9.78. The maximum absolute atomic E-state index is 13.3. The predicted molar refractivity (Wildman–Crippen MR) is 123 cm³/mol. The van der Waals surface area contributed by atoms with E-state index in [9.17, 15) is 19.8 Å². The van der Waals surface area contributed by atoms with Crippen molar-refractivity contribution in [2.75, 3.05) is 6.54 Å². The Morgan fingerprint density at radius 3 is 2.28 bits per heavy atom. The van der Waals surface area contributed by atoms with Crippen LogP contribution in [0.2, 0.25) is 0 Å². The number of phenols is 1. The van der Waals surface area contributed by atoms with Gasteiger partial charge in [-0.2, -0.15) is 0 Å². The number of hydrogen-bond donors (Lipinski definition) is 2. The third-order valence-corrected chi connectivity index (χ3v) is 6.85. The molecule has 1 aliphatic carbocycles. The number of aromatic hydroxyl groups is 1. The predicted octanol–water partition coefficient (Wildman–Crippen LogP) is 5.21. The Kier molecular flexibility index (Phi) is 6.09. The van der Waals surface area contributed by atoms with Gasteiger partial charge in [0.2, 0.25) is 0 Å². The van der Waals surface area contributed by atoms with E-state index in [0.29, 0.717) is 12.1 Å². The van der Waals surface area contributed by atoms with E-state index in [4.69, 9.17) is 0 Å². The van der Waals surface area contributed by atoms with Crippen molar-refractivity contribution in [3.05, 3.63) is 77.1 Å². The maximum atomic E-state index is 13.3. The molecule has 1 fully saturated rings. The van der Waals surface area contributed by atoms with Crippen LogP contribution in [-0.4, -0.2) is 33.3 Å². The summed E-state index contributed by atoms with van der Waals surface area (Å²) < 4.78 is 0. The number of aliphatic hydroxyl groups is 1. The molecule has 1 heterocycles. The highest BCUT2D eigenvalue weighted by Crippen LogP contribution is 2.47. The average Bonchev–Trinajstić information content (AvgIpc) is 3.34. The first-order valence-electron chi connectivity index (χ1n) is 11.4. The van der Waals surface area contributed by atoms with Crippen LogP contribution in [0.5, 0.6) is 5.75 Å². The second-order valence-electron chi connectivity index (χ2n) is 9.53. The number of nitrogens with zero attached hydrogens (tertiary/aromatic N) is 1. The van der Waals surface area contributed by atoms with Crippen LogP contribution in [0.25, 0.3) is 0 Å². The Hall–Kier alpha value is -3.08. The van der Waals surface area contributed by atoms with E-state index in [0.717, 1.165) is 25.7 Å². The molecule has 1 unspecified atom stereocenters. The van der Waals surface area contributed by atoms with Gasteiger partial charge in [-0.05, 0) is 30.4 Å². The highest BCUT2D eigenvalue weighted by molar-refractivity contribution is 6.09. The minimum atomic E-state index is -0.795. The Bertz CT molecular complexity index is 1030. The first kappa shape index (κ1) is 22.1. The highest BCUT2D eigenvalue weighted by Gasteiger charge is 2.48. The first-order chi connectivity index (χ1) is 15.3. The van der Waals surface area contributed by atoms with Gasteiger partial charge in [0.15, 0.2) is 11.5 Å². The van der Waals surface area contributed by atoms with Crippen LogP contribution in [0.1, 0.15) is 63.1 Å². The second-order valence-corrected chi connectivity index (χ2v) is 9.53. The van der Waals surface area contributed by atoms with Crippen LogP contribution < -0.4 is 0 Å². The van der Waals surface area contributed by atoms with Crippen molar-refractivity contribution in [1.29, 1.82) is 0 Å². The zero-order valence-corrected chi connectivity index (χ0v) is 18.8. The fraction of sp³-hybridized carbons (Fsp3) is 0.407. The lowest BCUT2D eigenvalue weighted by Gasteiger charge is -2.37. The van der Waals surface area contributed by atoms with Crippen molar-refractivity contribution in [2.45, 2.75) is 57.4 Å². The van der Waals surface area contributed by atoms with Gasteiger partial charge >= 0.3 is 0 Å². The van der Waals surface area contributed by atoms with Gasteiger partial charge < -0.3 is 15.1 Å². The molecule has 2 aliphatic rings. The molecule has 0 saturated heterocycles. The van der Waals surface area contributed by atoms with E-state index in [1.165, 1.54) is 5.56 Å². The molecule has 32 heavy (non-hydrogen) atoms. The van der Waals surface area contributed by atoms with Crippen molar-refractivity contribution in [2.24, 2.45) is 5.92 Å². The monoisotopic (exact) mass is 433 g/mol. The van der Waals surface area contributed by atoms with Crippen LogP contribution in [0.3, 0.4) is 0 Å². The molecular formula is C27H31NO4. The van der Waals surface area contributed by atoms with Crippen molar-refractivity contribution in [3.8, 4) is 5.75 Å². The van der Waals surface area contributed by atoms with Crippen molar-refractivity contribution < 1.29 is 19.8 Å². The Morgan fingerprint density at radius 1 is 1.03 bits per heavy atom. The number of aliphatic hydroxyl groups excluding tert-OH is 1. The lowest BCUT2D eigenvalue weighted by Crippen LogP contribution is -2.42. The number of Topliss-reactive ketones (excluding diaryl/α,β-unsaturated/α-hetero) is 1. The maximum Gasteiger partial charge on any atom is 0.290 e. The topological polar surface area (TPSA) is 77.8 Å². The molecule has 2 aromatic rings. The third-order valence-electron chi connectivity index (χ3n) is 6.85. The van der Waals surface area contributed by atoms with E-state index in [2.05, 4.69) is 12.1 Å². The number of benzene rings is 2. The number of para-hydroxylation sites is 1. The Balaban J connectivity index is 1.79. The smallest absolute Gasteiger partial charge is 0.290 e. The fourth-order valence-electron chi connectivity index (χ4n) is 5.33. The zero-order valence-electron chi connectivity index (χ0n) is 18.8. The standard InChI is InChI=1S/C27H31NO4/c1-18(2)16-22(30)23-24(20-12-6-7-13-21(20)29)28(26(32)25(23)31)17-27(14-8-9-15-27)19-10-4-3-5-11-19/h3-7,10-13,18,24,29,31H,8-9,14-17H2,1-2H3. The second kappa shape index (κ2) is 8.81. The van der Waals surface area contributed by atoms with E-state index >= 15 is 0 Å². The quantitative estimate of drug-likeness (QED) is 0.628. The number of carbonyl (C=O) groups excluding carboxylic acids is 2. The van der Waals surface area contributed by atoms with Gasteiger partial charge in [0.25, 0.3) is 5.91 Å². The Labute approximate surface area is 189 Å². The molecular weight excluding hydrogens is 402 g/mol. The molecule has 0 spiro atoms. The van der Waals surface area contributed by atoms with Crippen molar-refractivity contribution in [3.63, 3.8) is 0 Å². The van der Waals surface area contributed by atoms with Gasteiger partial charge in [-0.15, -0.1) is 0 Å². The first-order valence-corrected chi connectivity index (χ1v) is 11.4. The molecule has 1 saturated carbocycles. The zero-order chi connectivity index (χ0) is 22.9. The van der Waals surface area contributed by atoms with Crippen LogP contribution in [0.15, 0.2) is 65.9 Å². The molecule has 0 radical (unpaired) electrons. The number of ketones is 1. The van der Waals surface area contributed by atoms with Gasteiger partial charge in [-0.3, -0.25) is 9.59 Å². The molecule has 5 nitrogen and oxygen atoms in total. The SMILES string of the molecule is CC(C)CC(=O)C1=C(O)C(=O)N(CC2(c3ccccc3)CCCC2)C1c1ccccc1O. The molecule has 0 aromatic heterocycles. The van der Waals surface area contributed by atoms with Crippen LogP contribution in [0, 0.1) is 5.92 Å². The van der Waals surface area contributed by atoms with Gasteiger partial charge in [0, 0.05) is 23.9 Å². The van der Waals surface area contributed by atoms with Gasteiger partial charge in [-0.1, -0.05) is 75.2 Å². The number of phenolic OH excluding ortho intramolecular Hbond substituents is 1. The number of amides is 1. The molecule has 2 N–H and O–H groups in total. The molecule has 1 aliphatic heterocycles. The summed E-state index contributed by atoms with van der Waals surface area (Å²) in [5.41, 5.74) is 1.50. The van der Waals surface area contributed by atoms with Crippen molar-refractivity contribution >= 4 is 11.7 Å². The van der Waals surface area contributed by atoms with E-state index in [1.54, 1.807) is 29.2 Å². The Morgan fingerprint density at radius 2 is 1.66 bits per heavy atom. The largest absolute Gasteiger partial charge is 0.508 e. The van der Waals surface area contributed by atoms with Gasteiger partial charge in [-0.25, -0.2) is 0 Å². The number of hydrogen-bond acceptors (Lipinski definition) is 4. The number of rotatable bonds is 7. The summed E-state index contributed by atoms with van der Waals surface area (Å²) >= 11 is 0. The third kappa shape index (κ3) is 3.92. The molecule has 2 aromatic carbocycles. The van der Waals surface area contributed by atoms with Gasteiger partial charge in [0.05, 0.1) is 11.6 Å². The highest BCUT2D eigenvalue weighted by atomic mass is 16.3. The lowest BCUT2D eigenvalue weighted by molar-refractivity contribution is -0.130. The summed E-state index contributed by atoms with van der Waals surface area (Å²) in [6.45, 7) is 4.25.